The summed E-state index contributed by atoms with van der Waals surface area (Å²) in [7, 11) is 0. The van der Waals surface area contributed by atoms with Crippen molar-refractivity contribution in [2.45, 2.75) is 31.2 Å². The number of amides is 1. The molecule has 1 fully saturated rings. The second-order valence-corrected chi connectivity index (χ2v) is 6.68. The van der Waals surface area contributed by atoms with Crippen LogP contribution in [0.1, 0.15) is 29.9 Å². The Bertz CT molecular complexity index is 828. The first-order valence-electron chi connectivity index (χ1n) is 8.83. The van der Waals surface area contributed by atoms with E-state index in [1.54, 1.807) is 0 Å². The molecule has 1 amide bonds. The molecule has 2 atom stereocenters. The van der Waals surface area contributed by atoms with Gasteiger partial charge in [-0.2, -0.15) is 0 Å². The Morgan fingerprint density at radius 3 is 2.59 bits per heavy atom. The molecule has 1 aliphatic heterocycles. The molecule has 0 saturated carbocycles. The van der Waals surface area contributed by atoms with Crippen LogP contribution in [0, 0.1) is 23.3 Å². The van der Waals surface area contributed by atoms with Crippen LogP contribution in [0.25, 0.3) is 0 Å². The summed E-state index contributed by atoms with van der Waals surface area (Å²) in [6.07, 6.45) is 0.737. The van der Waals surface area contributed by atoms with E-state index < -0.39 is 23.3 Å². The molecule has 0 aromatic heterocycles. The molecular formula is C20H20F4N2O. The third kappa shape index (κ3) is 4.86. The van der Waals surface area contributed by atoms with Crippen LogP contribution in [0.5, 0.6) is 0 Å². The lowest BCUT2D eigenvalue weighted by molar-refractivity contribution is -0.122. The van der Waals surface area contributed by atoms with Gasteiger partial charge >= 0.3 is 0 Å². The summed E-state index contributed by atoms with van der Waals surface area (Å²) in [5.41, 5.74) is 0.765. The predicted octanol–water partition coefficient (Wildman–Crippen LogP) is 3.44. The van der Waals surface area contributed by atoms with Gasteiger partial charge in [-0.25, -0.2) is 17.6 Å². The highest BCUT2D eigenvalue weighted by Gasteiger charge is 2.28. The smallest absolute Gasteiger partial charge is 0.220 e. The first kappa shape index (κ1) is 19.4. The minimum absolute atomic E-state index is 0.00136. The second kappa shape index (κ2) is 8.52. The third-order valence-corrected chi connectivity index (χ3v) is 4.83. The Kier molecular flexibility index (Phi) is 6.11. The van der Waals surface area contributed by atoms with E-state index in [0.717, 1.165) is 30.3 Å². The van der Waals surface area contributed by atoms with Gasteiger partial charge in [-0.3, -0.25) is 4.79 Å². The molecule has 144 valence electrons. The molecule has 7 heteroatoms. The fourth-order valence-corrected chi connectivity index (χ4v) is 3.41. The molecule has 0 radical (unpaired) electrons. The molecule has 3 nitrogen and oxygen atoms in total. The number of aryl methyl sites for hydroxylation is 1. The molecule has 0 bridgehead atoms. The number of nitrogens with one attached hydrogen (secondary N) is 2. The standard InChI is InChI=1S/C20H20F4N2O/c21-14-3-5-16(22)13(9-14)2-6-20(27)26-19-11-25-8-7-15(19)12-1-4-17(23)18(24)10-12/h1,3-5,9-10,15,19,25H,2,6-8,11H2,(H,26,27). The zero-order valence-corrected chi connectivity index (χ0v) is 14.6. The minimum Gasteiger partial charge on any atom is -0.351 e. The maximum Gasteiger partial charge on any atom is 0.220 e. The molecule has 27 heavy (non-hydrogen) atoms. The van der Waals surface area contributed by atoms with Gasteiger partial charge in [0, 0.05) is 24.9 Å². The first-order valence-corrected chi connectivity index (χ1v) is 8.83. The van der Waals surface area contributed by atoms with Gasteiger partial charge in [0.2, 0.25) is 5.91 Å². The number of piperidine rings is 1. The predicted molar refractivity (Wildman–Crippen MR) is 93.2 cm³/mol. The molecule has 1 heterocycles. The van der Waals surface area contributed by atoms with Crippen LogP contribution in [-0.2, 0) is 11.2 Å². The molecule has 2 N–H and O–H groups in total. The highest BCUT2D eigenvalue weighted by atomic mass is 19.2. The quantitative estimate of drug-likeness (QED) is 0.781. The summed E-state index contributed by atoms with van der Waals surface area (Å²) in [5.74, 6) is -3.40. The SMILES string of the molecule is O=C(CCc1cc(F)ccc1F)NC1CNCCC1c1ccc(F)c(F)c1. The highest BCUT2D eigenvalue weighted by Crippen LogP contribution is 2.27. The van der Waals surface area contributed by atoms with E-state index in [-0.39, 0.29) is 36.3 Å². The number of carbonyl (C=O) groups is 1. The van der Waals surface area contributed by atoms with Crippen molar-refractivity contribution in [1.29, 1.82) is 0 Å². The third-order valence-electron chi connectivity index (χ3n) is 4.83. The van der Waals surface area contributed by atoms with Gasteiger partial charge in [-0.05, 0) is 60.8 Å². The summed E-state index contributed by atoms with van der Waals surface area (Å²) >= 11 is 0. The Morgan fingerprint density at radius 2 is 1.81 bits per heavy atom. The Labute approximate surface area is 154 Å². The largest absolute Gasteiger partial charge is 0.351 e. The van der Waals surface area contributed by atoms with Crippen molar-refractivity contribution in [3.63, 3.8) is 0 Å². The van der Waals surface area contributed by atoms with Crippen LogP contribution in [0.15, 0.2) is 36.4 Å². The summed E-state index contributed by atoms with van der Waals surface area (Å²) < 4.78 is 53.6. The number of halogens is 4. The monoisotopic (exact) mass is 380 g/mol. The van der Waals surface area contributed by atoms with Crippen LogP contribution in [0.2, 0.25) is 0 Å². The van der Waals surface area contributed by atoms with E-state index in [1.807, 2.05) is 0 Å². The van der Waals surface area contributed by atoms with E-state index in [2.05, 4.69) is 10.6 Å². The van der Waals surface area contributed by atoms with Gasteiger partial charge in [0.1, 0.15) is 11.6 Å². The summed E-state index contributed by atoms with van der Waals surface area (Å²) in [5, 5.41) is 6.04. The maximum atomic E-state index is 13.7. The first-order chi connectivity index (χ1) is 12.9. The van der Waals surface area contributed by atoms with Crippen molar-refractivity contribution in [2.24, 2.45) is 0 Å². The molecule has 2 unspecified atom stereocenters. The molecule has 1 aliphatic rings. The normalized spacial score (nSPS) is 19.7. The fourth-order valence-electron chi connectivity index (χ4n) is 3.41. The Balaban J connectivity index is 1.64. The fraction of sp³-hybridized carbons (Fsp3) is 0.350. The molecular weight excluding hydrogens is 360 g/mol. The van der Waals surface area contributed by atoms with Crippen LogP contribution in [0.3, 0.4) is 0 Å². The zero-order valence-electron chi connectivity index (χ0n) is 14.6. The number of carbonyl (C=O) groups excluding carboxylic acids is 1. The molecule has 0 spiro atoms. The van der Waals surface area contributed by atoms with Crippen molar-refractivity contribution in [1.82, 2.24) is 10.6 Å². The lowest BCUT2D eigenvalue weighted by Crippen LogP contribution is -2.50. The van der Waals surface area contributed by atoms with Crippen molar-refractivity contribution in [3.05, 3.63) is 70.8 Å². The minimum atomic E-state index is -0.919. The van der Waals surface area contributed by atoms with E-state index in [0.29, 0.717) is 25.1 Å². The molecule has 2 aromatic rings. The van der Waals surface area contributed by atoms with Crippen molar-refractivity contribution in [3.8, 4) is 0 Å². The lowest BCUT2D eigenvalue weighted by Gasteiger charge is -2.33. The average molecular weight is 380 g/mol. The average Bonchev–Trinajstić information content (AvgIpc) is 2.65. The van der Waals surface area contributed by atoms with E-state index in [1.165, 1.54) is 6.07 Å². The second-order valence-electron chi connectivity index (χ2n) is 6.68. The molecule has 1 saturated heterocycles. The molecule has 3 rings (SSSR count). The Morgan fingerprint density at radius 1 is 1.04 bits per heavy atom. The maximum absolute atomic E-state index is 13.7. The van der Waals surface area contributed by atoms with E-state index in [9.17, 15) is 22.4 Å². The van der Waals surface area contributed by atoms with Gasteiger partial charge in [-0.15, -0.1) is 0 Å². The van der Waals surface area contributed by atoms with Crippen LogP contribution in [-0.4, -0.2) is 25.0 Å². The Hall–Kier alpha value is -2.41. The molecule has 2 aromatic carbocycles. The molecule has 0 aliphatic carbocycles. The lowest BCUT2D eigenvalue weighted by atomic mass is 9.86. The summed E-state index contributed by atoms with van der Waals surface area (Å²) in [4.78, 5) is 12.3. The van der Waals surface area contributed by atoms with Crippen LogP contribution in [0.4, 0.5) is 17.6 Å². The van der Waals surface area contributed by atoms with Crippen LogP contribution < -0.4 is 10.6 Å². The van der Waals surface area contributed by atoms with Gasteiger partial charge in [0.05, 0.1) is 0 Å². The zero-order chi connectivity index (χ0) is 19.4. The summed E-state index contributed by atoms with van der Waals surface area (Å²) in [6, 6.07) is 6.61. The van der Waals surface area contributed by atoms with Crippen molar-refractivity contribution < 1.29 is 22.4 Å². The number of hydrogen-bond acceptors (Lipinski definition) is 2. The van der Waals surface area contributed by atoms with E-state index >= 15 is 0 Å². The number of hydrogen-bond donors (Lipinski definition) is 2. The van der Waals surface area contributed by atoms with Gasteiger partial charge < -0.3 is 10.6 Å². The van der Waals surface area contributed by atoms with E-state index in [4.69, 9.17) is 0 Å². The van der Waals surface area contributed by atoms with Gasteiger partial charge in [0.25, 0.3) is 0 Å². The van der Waals surface area contributed by atoms with Crippen molar-refractivity contribution in [2.75, 3.05) is 13.1 Å². The number of benzene rings is 2. The number of rotatable bonds is 5. The van der Waals surface area contributed by atoms with Gasteiger partial charge in [-0.1, -0.05) is 6.07 Å². The topological polar surface area (TPSA) is 41.1 Å². The van der Waals surface area contributed by atoms with Crippen molar-refractivity contribution >= 4 is 5.91 Å². The van der Waals surface area contributed by atoms with Gasteiger partial charge in [0.15, 0.2) is 11.6 Å². The highest BCUT2D eigenvalue weighted by molar-refractivity contribution is 5.76. The summed E-state index contributed by atoms with van der Waals surface area (Å²) in [6.45, 7) is 1.19. The van der Waals surface area contributed by atoms with Crippen LogP contribution >= 0.6 is 0 Å².